The van der Waals surface area contributed by atoms with Crippen LogP contribution in [-0.4, -0.2) is 70.0 Å². The minimum Gasteiger partial charge on any atom is -0.378 e. The molecule has 1 atom stereocenters. The molecular formula is C17H25N3O3. The topological polar surface area (TPSA) is 54.0 Å². The first-order chi connectivity index (χ1) is 11.3. The second-order valence-electron chi connectivity index (χ2n) is 6.00. The Hall–Kier alpha value is -1.63. The van der Waals surface area contributed by atoms with E-state index in [1.807, 2.05) is 19.2 Å². The number of hydrogen-bond donors (Lipinski definition) is 1. The number of para-hydroxylation sites is 1. The van der Waals surface area contributed by atoms with Crippen LogP contribution < -0.4 is 10.2 Å². The summed E-state index contributed by atoms with van der Waals surface area (Å²) in [6.07, 6.45) is 0. The Balaban J connectivity index is 1.67. The van der Waals surface area contributed by atoms with E-state index in [1.54, 1.807) is 4.90 Å². The van der Waals surface area contributed by atoms with Gasteiger partial charge >= 0.3 is 0 Å². The van der Waals surface area contributed by atoms with Crippen molar-refractivity contribution in [3.05, 3.63) is 29.8 Å². The maximum absolute atomic E-state index is 12.5. The highest BCUT2D eigenvalue weighted by atomic mass is 16.5. The van der Waals surface area contributed by atoms with Crippen molar-refractivity contribution < 1.29 is 14.3 Å². The summed E-state index contributed by atoms with van der Waals surface area (Å²) in [5, 5.41) is 3.22. The number of rotatable bonds is 4. The maximum Gasteiger partial charge on any atom is 0.242 e. The van der Waals surface area contributed by atoms with Gasteiger partial charge in [0.15, 0.2) is 0 Å². The molecule has 1 N–H and O–H groups in total. The average molecular weight is 319 g/mol. The number of carbonyl (C=O) groups excluding carboxylic acids is 1. The predicted octanol–water partition coefficient (Wildman–Crippen LogP) is 0.470. The summed E-state index contributed by atoms with van der Waals surface area (Å²) in [4.78, 5) is 16.7. The minimum absolute atomic E-state index is 0.0847. The molecule has 0 aromatic heterocycles. The third-order valence-corrected chi connectivity index (χ3v) is 4.35. The molecule has 23 heavy (non-hydrogen) atoms. The van der Waals surface area contributed by atoms with Gasteiger partial charge < -0.3 is 24.6 Å². The van der Waals surface area contributed by atoms with Crippen LogP contribution in [0, 0.1) is 0 Å². The summed E-state index contributed by atoms with van der Waals surface area (Å²) in [6, 6.07) is 8.07. The van der Waals surface area contributed by atoms with Gasteiger partial charge in [-0.3, -0.25) is 4.79 Å². The largest absolute Gasteiger partial charge is 0.378 e. The van der Waals surface area contributed by atoms with Crippen LogP contribution in [0.4, 0.5) is 5.69 Å². The Bertz CT molecular complexity index is 526. The van der Waals surface area contributed by atoms with Gasteiger partial charge in [-0.15, -0.1) is 0 Å². The fourth-order valence-electron chi connectivity index (χ4n) is 3.08. The van der Waals surface area contributed by atoms with Gasteiger partial charge in [-0.2, -0.15) is 0 Å². The van der Waals surface area contributed by atoms with Crippen LogP contribution in [0.25, 0.3) is 0 Å². The first-order valence-electron chi connectivity index (χ1n) is 8.22. The molecule has 0 aliphatic carbocycles. The summed E-state index contributed by atoms with van der Waals surface area (Å²) in [5.41, 5.74) is 2.37. The Kier molecular flexibility index (Phi) is 5.48. The molecule has 2 fully saturated rings. The second kappa shape index (κ2) is 7.77. The summed E-state index contributed by atoms with van der Waals surface area (Å²) >= 11 is 0. The molecule has 6 nitrogen and oxygen atoms in total. The molecular weight excluding hydrogens is 294 g/mol. The van der Waals surface area contributed by atoms with Crippen molar-refractivity contribution in [1.82, 2.24) is 10.2 Å². The van der Waals surface area contributed by atoms with E-state index in [9.17, 15) is 4.79 Å². The molecule has 1 aromatic carbocycles. The Morgan fingerprint density at radius 1 is 1.26 bits per heavy atom. The molecule has 2 saturated heterocycles. The third kappa shape index (κ3) is 4.02. The van der Waals surface area contributed by atoms with E-state index < -0.39 is 0 Å². The van der Waals surface area contributed by atoms with Gasteiger partial charge in [0.1, 0.15) is 6.04 Å². The zero-order valence-electron chi connectivity index (χ0n) is 13.7. The monoisotopic (exact) mass is 319 g/mol. The van der Waals surface area contributed by atoms with Crippen molar-refractivity contribution in [2.75, 3.05) is 58.0 Å². The highest BCUT2D eigenvalue weighted by Gasteiger charge is 2.25. The first kappa shape index (κ1) is 16.2. The molecule has 1 amide bonds. The van der Waals surface area contributed by atoms with Gasteiger partial charge in [0.2, 0.25) is 5.91 Å². The number of anilines is 1. The van der Waals surface area contributed by atoms with Crippen molar-refractivity contribution in [1.29, 1.82) is 0 Å². The lowest BCUT2D eigenvalue weighted by Gasteiger charge is -2.32. The standard InChI is InChI=1S/C17H25N3O3/c1-19(17(21)15-13-23-9-6-18-15)12-14-4-2-3-5-16(14)20-7-10-22-11-8-20/h2-5,15,18H,6-13H2,1H3/t15-/m1/s1. The maximum atomic E-state index is 12.5. The number of amides is 1. The normalized spacial score (nSPS) is 22.0. The summed E-state index contributed by atoms with van der Waals surface area (Å²) in [7, 11) is 1.86. The van der Waals surface area contributed by atoms with E-state index in [0.29, 0.717) is 19.8 Å². The SMILES string of the molecule is CN(Cc1ccccc1N1CCOCC1)C(=O)[C@H]1COCCN1. The van der Waals surface area contributed by atoms with Crippen LogP contribution in [-0.2, 0) is 20.8 Å². The van der Waals surface area contributed by atoms with Crippen molar-refractivity contribution in [2.45, 2.75) is 12.6 Å². The van der Waals surface area contributed by atoms with Crippen molar-refractivity contribution in [3.63, 3.8) is 0 Å². The summed E-state index contributed by atoms with van der Waals surface area (Å²) < 4.78 is 10.8. The van der Waals surface area contributed by atoms with Crippen LogP contribution in [0.1, 0.15) is 5.56 Å². The molecule has 2 heterocycles. The smallest absolute Gasteiger partial charge is 0.242 e. The minimum atomic E-state index is -0.232. The molecule has 1 aromatic rings. The van der Waals surface area contributed by atoms with Gasteiger partial charge in [-0.1, -0.05) is 18.2 Å². The number of nitrogens with zero attached hydrogens (tertiary/aromatic N) is 2. The second-order valence-corrected chi connectivity index (χ2v) is 6.00. The number of morpholine rings is 2. The summed E-state index contributed by atoms with van der Waals surface area (Å²) in [5.74, 6) is 0.0847. The highest BCUT2D eigenvalue weighted by Crippen LogP contribution is 2.23. The Labute approximate surface area is 137 Å². The van der Waals surface area contributed by atoms with E-state index in [1.165, 1.54) is 11.3 Å². The van der Waals surface area contributed by atoms with Gasteiger partial charge in [0, 0.05) is 38.9 Å². The molecule has 0 saturated carbocycles. The molecule has 3 rings (SSSR count). The van der Waals surface area contributed by atoms with Crippen LogP contribution >= 0.6 is 0 Å². The van der Waals surface area contributed by atoms with Gasteiger partial charge in [-0.25, -0.2) is 0 Å². The molecule has 0 bridgehead atoms. The Morgan fingerprint density at radius 2 is 2.04 bits per heavy atom. The average Bonchev–Trinajstić information content (AvgIpc) is 2.63. The molecule has 0 unspecified atom stereocenters. The number of hydrogen-bond acceptors (Lipinski definition) is 5. The lowest BCUT2D eigenvalue weighted by molar-refractivity contribution is -0.135. The number of ether oxygens (including phenoxy) is 2. The third-order valence-electron chi connectivity index (χ3n) is 4.35. The van der Waals surface area contributed by atoms with Gasteiger partial charge in [0.25, 0.3) is 0 Å². The van der Waals surface area contributed by atoms with E-state index >= 15 is 0 Å². The molecule has 2 aliphatic rings. The molecule has 0 radical (unpaired) electrons. The highest BCUT2D eigenvalue weighted by molar-refractivity contribution is 5.82. The predicted molar refractivity (Wildman–Crippen MR) is 88.6 cm³/mol. The molecule has 6 heteroatoms. The number of nitrogens with one attached hydrogen (secondary N) is 1. The quantitative estimate of drug-likeness (QED) is 0.874. The number of carbonyl (C=O) groups is 1. The number of likely N-dealkylation sites (N-methyl/N-ethyl adjacent to an activating group) is 1. The first-order valence-corrected chi connectivity index (χ1v) is 8.22. The van der Waals surface area contributed by atoms with Gasteiger partial charge in [-0.05, 0) is 11.6 Å². The Morgan fingerprint density at radius 3 is 2.78 bits per heavy atom. The van der Waals surface area contributed by atoms with E-state index in [0.717, 1.165) is 32.8 Å². The lowest BCUT2D eigenvalue weighted by atomic mass is 10.1. The van der Waals surface area contributed by atoms with E-state index in [4.69, 9.17) is 9.47 Å². The van der Waals surface area contributed by atoms with Crippen molar-refractivity contribution in [3.8, 4) is 0 Å². The lowest BCUT2D eigenvalue weighted by Crippen LogP contribution is -2.51. The van der Waals surface area contributed by atoms with Crippen molar-refractivity contribution >= 4 is 11.6 Å². The van der Waals surface area contributed by atoms with Crippen LogP contribution in [0.2, 0.25) is 0 Å². The van der Waals surface area contributed by atoms with Crippen LogP contribution in [0.5, 0.6) is 0 Å². The summed E-state index contributed by atoms with van der Waals surface area (Å²) in [6.45, 7) is 5.76. The number of benzene rings is 1. The molecule has 0 spiro atoms. The fourth-order valence-corrected chi connectivity index (χ4v) is 3.08. The van der Waals surface area contributed by atoms with E-state index in [-0.39, 0.29) is 11.9 Å². The fraction of sp³-hybridized carbons (Fsp3) is 0.588. The molecule has 126 valence electrons. The van der Waals surface area contributed by atoms with E-state index in [2.05, 4.69) is 22.3 Å². The zero-order valence-corrected chi connectivity index (χ0v) is 13.7. The van der Waals surface area contributed by atoms with Crippen LogP contribution in [0.15, 0.2) is 24.3 Å². The zero-order chi connectivity index (χ0) is 16.1. The molecule has 2 aliphatic heterocycles. The van der Waals surface area contributed by atoms with Crippen molar-refractivity contribution in [2.24, 2.45) is 0 Å². The van der Waals surface area contributed by atoms with Crippen LogP contribution in [0.3, 0.4) is 0 Å². The van der Waals surface area contributed by atoms with Gasteiger partial charge in [0.05, 0.1) is 26.4 Å².